The van der Waals surface area contributed by atoms with E-state index in [-0.39, 0.29) is 0 Å². The zero-order valence-electron chi connectivity index (χ0n) is 26.6. The fourth-order valence-electron chi connectivity index (χ4n) is 9.24. The molecule has 10 heteroatoms. The number of aromatic nitrogens is 2. The van der Waals surface area contributed by atoms with Gasteiger partial charge in [-0.05, 0) is 72.8 Å². The van der Waals surface area contributed by atoms with Crippen molar-refractivity contribution in [1.82, 2.24) is 8.80 Å². The van der Waals surface area contributed by atoms with E-state index < -0.39 is 14.7 Å². The van der Waals surface area contributed by atoms with Crippen LogP contribution in [-0.4, -0.2) is 8.80 Å². The van der Waals surface area contributed by atoms with Crippen molar-refractivity contribution >= 4 is 145 Å². The molecule has 0 aliphatic carbocycles. The van der Waals surface area contributed by atoms with Gasteiger partial charge in [0.2, 0.25) is 0 Å². The molecule has 0 aliphatic heterocycles. The van der Waals surface area contributed by atoms with E-state index in [1.807, 2.05) is 36.4 Å². The van der Waals surface area contributed by atoms with Gasteiger partial charge in [-0.2, -0.15) is 0 Å². The summed E-state index contributed by atoms with van der Waals surface area (Å²) in [4.78, 5) is 0. The lowest BCUT2D eigenvalue weighted by Gasteiger charge is -2.23. The average Bonchev–Trinajstić information content (AvgIpc) is 3.19. The molecule has 0 aliphatic rings. The molecule has 0 amide bonds. The van der Waals surface area contributed by atoms with Gasteiger partial charge in [0.25, 0.3) is 0 Å². The molecule has 0 saturated carbocycles. The van der Waals surface area contributed by atoms with Crippen LogP contribution >= 0.6 is 14.7 Å². The monoisotopic (exact) mass is 708 g/mol. The molecule has 0 saturated heterocycles. The number of benzene rings is 7. The predicted octanol–water partition coefficient (Wildman–Crippen LogP) is 14.2. The quantitative estimate of drug-likeness (QED) is 0.115. The summed E-state index contributed by atoms with van der Waals surface area (Å²) in [5.74, 6) is 0. The van der Waals surface area contributed by atoms with Gasteiger partial charge in [0.15, 0.2) is 44.7 Å². The highest BCUT2D eigenvalue weighted by Gasteiger charge is 2.31. The van der Waals surface area contributed by atoms with E-state index >= 15 is 0 Å². The highest BCUT2D eigenvalue weighted by molar-refractivity contribution is 7.65. The maximum Gasteiger partial charge on any atom is 0.186 e. The molecule has 15 aromatic rings. The van der Waals surface area contributed by atoms with E-state index in [4.69, 9.17) is 26.5 Å². The molecule has 8 aromatic heterocycles. The van der Waals surface area contributed by atoms with Gasteiger partial charge in [0.1, 0.15) is 33.4 Å². The lowest BCUT2D eigenvalue weighted by molar-refractivity contribution is 0.611. The summed E-state index contributed by atoms with van der Waals surface area (Å²) in [6, 6.07) is 37.3. The van der Waals surface area contributed by atoms with Gasteiger partial charge in [-0.1, -0.05) is 51.1 Å². The highest BCUT2D eigenvalue weighted by Crippen LogP contribution is 2.62. The standard InChI is InChI=1S/C42H18N2O6P2/c1-3-11-23-19(7-1)43-21-9-5-13-27-37(21)51-39-29(17-15-25(45-23)31(39)43)49-35-34-42-36(33(47-27)41(35)51)50-30-18-16-26-32-40(30)52(42)38-22(10-6-14-28(38)48-34)44(32)20-8-2-4-12-24(20)46-26/h1-18H. The Morgan fingerprint density at radius 1 is 0.288 bits per heavy atom. The molecule has 0 fully saturated rings. The largest absolute Gasteiger partial charge is 0.453 e. The molecule has 8 nitrogen and oxygen atoms in total. The fourth-order valence-corrected chi connectivity index (χ4v) is 15.0. The summed E-state index contributed by atoms with van der Waals surface area (Å²) in [5.41, 5.74) is 15.5. The van der Waals surface area contributed by atoms with Crippen LogP contribution in [0.15, 0.2) is 136 Å². The zero-order chi connectivity index (χ0) is 33.1. The molecule has 242 valence electrons. The third-order valence-corrected chi connectivity index (χ3v) is 16.4. The van der Waals surface area contributed by atoms with Gasteiger partial charge < -0.3 is 35.3 Å². The number of hydrogen-bond acceptors (Lipinski definition) is 6. The summed E-state index contributed by atoms with van der Waals surface area (Å²) in [7, 11) is -2.30. The van der Waals surface area contributed by atoms with Gasteiger partial charge in [-0.15, -0.1) is 0 Å². The summed E-state index contributed by atoms with van der Waals surface area (Å²) < 4.78 is 46.2. The number of fused-ring (bicyclic) bond motifs is 8. The Bertz CT molecular complexity index is 3830. The fraction of sp³-hybridized carbons (Fsp3) is 0. The van der Waals surface area contributed by atoms with Crippen LogP contribution in [0.1, 0.15) is 0 Å². The molecule has 52 heavy (non-hydrogen) atoms. The molecular formula is C42H18N2O6P2. The number of hydrogen-bond donors (Lipinski definition) is 0. The van der Waals surface area contributed by atoms with Crippen LogP contribution in [-0.2, 0) is 0 Å². The van der Waals surface area contributed by atoms with E-state index in [1.54, 1.807) is 0 Å². The van der Waals surface area contributed by atoms with Gasteiger partial charge >= 0.3 is 0 Å². The number of rotatable bonds is 0. The second-order valence-corrected chi connectivity index (χ2v) is 17.7. The van der Waals surface area contributed by atoms with Crippen molar-refractivity contribution in [2.24, 2.45) is 0 Å². The molecule has 7 aromatic carbocycles. The first-order valence-corrected chi connectivity index (χ1v) is 19.8. The van der Waals surface area contributed by atoms with Crippen molar-refractivity contribution in [1.29, 1.82) is 0 Å². The van der Waals surface area contributed by atoms with E-state index in [1.165, 1.54) is 0 Å². The van der Waals surface area contributed by atoms with E-state index in [0.717, 1.165) is 108 Å². The molecule has 8 heterocycles. The Morgan fingerprint density at radius 2 is 0.654 bits per heavy atom. The van der Waals surface area contributed by atoms with Gasteiger partial charge in [-0.3, -0.25) is 0 Å². The Hall–Kier alpha value is -6.46. The summed E-state index contributed by atoms with van der Waals surface area (Å²) >= 11 is 0. The Labute approximate surface area is 289 Å². The second-order valence-electron chi connectivity index (χ2n) is 13.7. The smallest absolute Gasteiger partial charge is 0.186 e. The Balaban J connectivity index is 1.29. The van der Waals surface area contributed by atoms with Crippen molar-refractivity contribution in [3.63, 3.8) is 0 Å². The highest BCUT2D eigenvalue weighted by atomic mass is 31.1. The van der Waals surface area contributed by atoms with Crippen LogP contribution in [0.25, 0.3) is 131 Å². The van der Waals surface area contributed by atoms with Crippen LogP contribution in [0.2, 0.25) is 0 Å². The van der Waals surface area contributed by atoms with Crippen LogP contribution in [0.3, 0.4) is 0 Å². The van der Waals surface area contributed by atoms with Gasteiger partial charge in [-0.25, -0.2) is 0 Å². The second kappa shape index (κ2) is 8.19. The maximum absolute atomic E-state index is 7.10. The normalized spacial score (nSPS) is 14.1. The SMILES string of the molecule is c1ccc2c(c1)oc1ccc3oc4c5oc6cccc7c6p6c5c(oc5ccc8oc9ccccc9n7c8c56)c5oc6cccc7c6p(c54)c3c1n27. The topological polar surface area (TPSA) is 87.7 Å². The van der Waals surface area contributed by atoms with Gasteiger partial charge in [0, 0.05) is 0 Å². The van der Waals surface area contributed by atoms with Crippen LogP contribution in [0, 0.1) is 0 Å². The van der Waals surface area contributed by atoms with Crippen LogP contribution in [0.4, 0.5) is 0 Å². The van der Waals surface area contributed by atoms with Crippen molar-refractivity contribution in [2.75, 3.05) is 0 Å². The summed E-state index contributed by atoms with van der Waals surface area (Å²) in [6.07, 6.45) is 0. The summed E-state index contributed by atoms with van der Waals surface area (Å²) in [5, 5.41) is 6.50. The van der Waals surface area contributed by atoms with Gasteiger partial charge in [0.05, 0.1) is 52.8 Å². The minimum atomic E-state index is -1.15. The molecule has 2 atom stereocenters. The summed E-state index contributed by atoms with van der Waals surface area (Å²) in [6.45, 7) is 0. The van der Waals surface area contributed by atoms with Crippen molar-refractivity contribution in [3.05, 3.63) is 109 Å². The molecule has 15 rings (SSSR count). The Kier molecular flexibility index (Phi) is 4.01. The van der Waals surface area contributed by atoms with Crippen molar-refractivity contribution in [2.45, 2.75) is 0 Å². The third kappa shape index (κ3) is 2.62. The minimum Gasteiger partial charge on any atom is -0.453 e. The average molecular weight is 709 g/mol. The van der Waals surface area contributed by atoms with E-state index in [9.17, 15) is 0 Å². The van der Waals surface area contributed by atoms with Crippen LogP contribution in [0.5, 0.6) is 0 Å². The molecule has 0 N–H and O–H groups in total. The zero-order valence-corrected chi connectivity index (χ0v) is 28.4. The van der Waals surface area contributed by atoms with Crippen LogP contribution < -0.4 is 0 Å². The molecule has 0 radical (unpaired) electrons. The first-order chi connectivity index (χ1) is 25.8. The van der Waals surface area contributed by atoms with E-state index in [0.29, 0.717) is 22.3 Å². The molecule has 0 spiro atoms. The predicted molar refractivity (Wildman–Crippen MR) is 208 cm³/mol. The van der Waals surface area contributed by atoms with Crippen molar-refractivity contribution < 1.29 is 26.5 Å². The number of para-hydroxylation sites is 4. The third-order valence-electron chi connectivity index (χ3n) is 11.2. The lowest BCUT2D eigenvalue weighted by atomic mass is 10.2. The number of nitrogens with zero attached hydrogens (tertiary/aromatic N) is 2. The molecular weight excluding hydrogens is 690 g/mol. The van der Waals surface area contributed by atoms with Crippen molar-refractivity contribution in [3.8, 4) is 0 Å². The first-order valence-electron chi connectivity index (χ1n) is 17.1. The molecule has 2 unspecified atom stereocenters. The maximum atomic E-state index is 7.10. The Morgan fingerprint density at radius 3 is 1.12 bits per heavy atom. The van der Waals surface area contributed by atoms with E-state index in [2.05, 4.69) is 81.6 Å². The lowest BCUT2D eigenvalue weighted by Crippen LogP contribution is -1.99. The molecule has 0 bridgehead atoms. The minimum absolute atomic E-state index is 0.706. The first kappa shape index (κ1) is 25.5.